The third-order valence-electron chi connectivity index (χ3n) is 2.57. The molecular weight excluding hydrogens is 260 g/mol. The highest BCUT2D eigenvalue weighted by Crippen LogP contribution is 2.21. The van der Waals surface area contributed by atoms with Crippen LogP contribution in [-0.2, 0) is 4.74 Å². The van der Waals surface area contributed by atoms with E-state index in [-0.39, 0.29) is 0 Å². The summed E-state index contributed by atoms with van der Waals surface area (Å²) in [6.45, 7) is 2.58. The molecule has 19 heavy (non-hydrogen) atoms. The Hall–Kier alpha value is -1.84. The van der Waals surface area contributed by atoms with E-state index in [1.807, 2.05) is 23.6 Å². The average Bonchev–Trinajstić information content (AvgIpc) is 2.80. The number of aryl methyl sites for hydroxylation is 1. The first-order chi connectivity index (χ1) is 9.26. The molecule has 5 nitrogen and oxygen atoms in total. The van der Waals surface area contributed by atoms with Crippen LogP contribution in [-0.4, -0.2) is 34.2 Å². The molecule has 6 heteroatoms. The number of benzene rings is 1. The third kappa shape index (κ3) is 3.13. The fraction of sp³-hybridized carbons (Fsp3) is 0.308. The Morgan fingerprint density at radius 2 is 2.05 bits per heavy atom. The van der Waals surface area contributed by atoms with E-state index >= 15 is 0 Å². The highest BCUT2D eigenvalue weighted by molar-refractivity contribution is 7.99. The maximum absolute atomic E-state index is 8.81. The molecule has 0 aliphatic heterocycles. The summed E-state index contributed by atoms with van der Waals surface area (Å²) in [5.41, 5.74) is 1.60. The standard InChI is InChI=1S/C13H14N4OS/c1-10-15-16-13(19-8-7-18-2)17(10)12-5-3-11(9-14)4-6-12/h3-6H,7-8H2,1-2H3. The van der Waals surface area contributed by atoms with Gasteiger partial charge in [-0.25, -0.2) is 0 Å². The van der Waals surface area contributed by atoms with E-state index in [2.05, 4.69) is 16.3 Å². The van der Waals surface area contributed by atoms with Gasteiger partial charge in [0.2, 0.25) is 0 Å². The maximum atomic E-state index is 8.81. The third-order valence-corrected chi connectivity index (χ3v) is 3.46. The monoisotopic (exact) mass is 274 g/mol. The molecule has 0 aliphatic rings. The largest absolute Gasteiger partial charge is 0.384 e. The average molecular weight is 274 g/mol. The lowest BCUT2D eigenvalue weighted by molar-refractivity contribution is 0.218. The summed E-state index contributed by atoms with van der Waals surface area (Å²) < 4.78 is 7.01. The molecule has 0 fully saturated rings. The van der Waals surface area contributed by atoms with Gasteiger partial charge in [0, 0.05) is 18.6 Å². The van der Waals surface area contributed by atoms with Crippen molar-refractivity contribution in [3.63, 3.8) is 0 Å². The van der Waals surface area contributed by atoms with E-state index in [1.54, 1.807) is 31.0 Å². The van der Waals surface area contributed by atoms with E-state index in [0.717, 1.165) is 22.4 Å². The Bertz CT molecular complexity index is 586. The number of aromatic nitrogens is 3. The summed E-state index contributed by atoms with van der Waals surface area (Å²) in [5, 5.41) is 17.9. The van der Waals surface area contributed by atoms with E-state index in [4.69, 9.17) is 10.00 Å². The van der Waals surface area contributed by atoms with Crippen LogP contribution in [0.3, 0.4) is 0 Å². The fourth-order valence-corrected chi connectivity index (χ4v) is 2.53. The lowest BCUT2D eigenvalue weighted by atomic mass is 10.2. The van der Waals surface area contributed by atoms with Gasteiger partial charge in [0.25, 0.3) is 0 Å². The molecule has 0 amide bonds. The smallest absolute Gasteiger partial charge is 0.195 e. The SMILES string of the molecule is COCCSc1nnc(C)n1-c1ccc(C#N)cc1. The quantitative estimate of drug-likeness (QED) is 0.617. The zero-order valence-corrected chi connectivity index (χ0v) is 11.6. The molecule has 1 heterocycles. The van der Waals surface area contributed by atoms with Crippen molar-refractivity contribution < 1.29 is 4.74 Å². The van der Waals surface area contributed by atoms with Crippen LogP contribution < -0.4 is 0 Å². The van der Waals surface area contributed by atoms with E-state index in [0.29, 0.717) is 12.2 Å². The van der Waals surface area contributed by atoms with Crippen LogP contribution in [0.2, 0.25) is 0 Å². The van der Waals surface area contributed by atoms with Crippen LogP contribution in [0.25, 0.3) is 5.69 Å². The number of rotatable bonds is 5. The Kier molecular flexibility index (Phi) is 4.55. The first-order valence-electron chi connectivity index (χ1n) is 5.80. The van der Waals surface area contributed by atoms with Gasteiger partial charge < -0.3 is 4.74 Å². The van der Waals surface area contributed by atoms with Gasteiger partial charge in [0.15, 0.2) is 5.16 Å². The first kappa shape index (κ1) is 13.6. The summed E-state index contributed by atoms with van der Waals surface area (Å²) in [7, 11) is 1.68. The Morgan fingerprint density at radius 3 is 2.68 bits per heavy atom. The highest BCUT2D eigenvalue weighted by atomic mass is 32.2. The second-order valence-corrected chi connectivity index (χ2v) is 4.93. The number of ether oxygens (including phenoxy) is 1. The molecule has 0 unspecified atom stereocenters. The number of methoxy groups -OCH3 is 1. The minimum atomic E-state index is 0.642. The highest BCUT2D eigenvalue weighted by Gasteiger charge is 2.11. The molecule has 0 spiro atoms. The topological polar surface area (TPSA) is 63.7 Å². The minimum Gasteiger partial charge on any atom is -0.384 e. The van der Waals surface area contributed by atoms with Crippen molar-refractivity contribution in [3.8, 4) is 11.8 Å². The predicted octanol–water partition coefficient (Wildman–Crippen LogP) is 2.19. The predicted molar refractivity (Wildman–Crippen MR) is 73.4 cm³/mol. The van der Waals surface area contributed by atoms with E-state index < -0.39 is 0 Å². The van der Waals surface area contributed by atoms with Gasteiger partial charge in [0.1, 0.15) is 5.82 Å². The van der Waals surface area contributed by atoms with Crippen LogP contribution in [0.1, 0.15) is 11.4 Å². The molecular formula is C13H14N4OS. The van der Waals surface area contributed by atoms with Gasteiger partial charge in [-0.3, -0.25) is 4.57 Å². The minimum absolute atomic E-state index is 0.642. The normalized spacial score (nSPS) is 10.4. The molecule has 0 aliphatic carbocycles. The second-order valence-electron chi connectivity index (χ2n) is 3.87. The fourth-order valence-electron chi connectivity index (χ4n) is 1.64. The van der Waals surface area contributed by atoms with Gasteiger partial charge in [0.05, 0.1) is 18.2 Å². The molecule has 0 radical (unpaired) electrons. The number of thioether (sulfide) groups is 1. The maximum Gasteiger partial charge on any atom is 0.195 e. The van der Waals surface area contributed by atoms with Crippen LogP contribution in [0.4, 0.5) is 0 Å². The van der Waals surface area contributed by atoms with Crippen molar-refractivity contribution in [1.82, 2.24) is 14.8 Å². The molecule has 2 rings (SSSR count). The molecule has 0 saturated heterocycles. The number of hydrogen-bond donors (Lipinski definition) is 0. The van der Waals surface area contributed by atoms with Crippen LogP contribution >= 0.6 is 11.8 Å². The van der Waals surface area contributed by atoms with Crippen molar-refractivity contribution in [3.05, 3.63) is 35.7 Å². The Labute approximate surface area is 116 Å². The van der Waals surface area contributed by atoms with Crippen LogP contribution in [0.15, 0.2) is 29.4 Å². The van der Waals surface area contributed by atoms with Gasteiger partial charge in [-0.15, -0.1) is 10.2 Å². The summed E-state index contributed by atoms with van der Waals surface area (Å²) in [4.78, 5) is 0. The van der Waals surface area contributed by atoms with Crippen molar-refractivity contribution >= 4 is 11.8 Å². The number of nitriles is 1. The summed E-state index contributed by atoms with van der Waals surface area (Å²) in [5.74, 6) is 1.65. The van der Waals surface area contributed by atoms with Gasteiger partial charge in [-0.05, 0) is 31.2 Å². The number of nitrogens with zero attached hydrogens (tertiary/aromatic N) is 4. The Balaban J connectivity index is 2.27. The molecule has 0 saturated carbocycles. The molecule has 0 N–H and O–H groups in total. The number of hydrogen-bond acceptors (Lipinski definition) is 5. The zero-order valence-electron chi connectivity index (χ0n) is 10.8. The van der Waals surface area contributed by atoms with Gasteiger partial charge in [-0.2, -0.15) is 5.26 Å². The van der Waals surface area contributed by atoms with E-state index in [1.165, 1.54) is 0 Å². The molecule has 1 aromatic heterocycles. The van der Waals surface area contributed by atoms with Gasteiger partial charge in [-0.1, -0.05) is 11.8 Å². The lowest BCUT2D eigenvalue weighted by Crippen LogP contribution is -2.00. The molecule has 98 valence electrons. The summed E-state index contributed by atoms with van der Waals surface area (Å²) >= 11 is 1.60. The van der Waals surface area contributed by atoms with Crippen LogP contribution in [0.5, 0.6) is 0 Å². The van der Waals surface area contributed by atoms with Crippen molar-refractivity contribution in [2.75, 3.05) is 19.5 Å². The molecule has 2 aromatic rings. The van der Waals surface area contributed by atoms with Crippen molar-refractivity contribution in [1.29, 1.82) is 5.26 Å². The Morgan fingerprint density at radius 1 is 1.32 bits per heavy atom. The lowest BCUT2D eigenvalue weighted by Gasteiger charge is -2.08. The van der Waals surface area contributed by atoms with Crippen molar-refractivity contribution in [2.24, 2.45) is 0 Å². The van der Waals surface area contributed by atoms with Crippen molar-refractivity contribution in [2.45, 2.75) is 12.1 Å². The second kappa shape index (κ2) is 6.36. The summed E-state index contributed by atoms with van der Waals surface area (Å²) in [6.07, 6.45) is 0. The molecule has 1 aromatic carbocycles. The first-order valence-corrected chi connectivity index (χ1v) is 6.79. The molecule has 0 bridgehead atoms. The van der Waals surface area contributed by atoms with Gasteiger partial charge >= 0.3 is 0 Å². The zero-order chi connectivity index (χ0) is 13.7. The van der Waals surface area contributed by atoms with E-state index in [9.17, 15) is 0 Å². The molecule has 0 atom stereocenters. The summed E-state index contributed by atoms with van der Waals surface area (Å²) in [6, 6.07) is 9.48. The van der Waals surface area contributed by atoms with Crippen LogP contribution in [0, 0.1) is 18.3 Å².